The summed E-state index contributed by atoms with van der Waals surface area (Å²) in [6.45, 7) is 6.72. The molecule has 116 valence electrons. The highest BCUT2D eigenvalue weighted by atomic mass is 16.5. The quantitative estimate of drug-likeness (QED) is 0.759. The van der Waals surface area contributed by atoms with Crippen molar-refractivity contribution < 1.29 is 4.74 Å². The molecule has 1 aromatic carbocycles. The lowest BCUT2D eigenvalue weighted by molar-refractivity contribution is 0.210. The summed E-state index contributed by atoms with van der Waals surface area (Å²) in [7, 11) is 0. The van der Waals surface area contributed by atoms with E-state index in [0.717, 1.165) is 24.2 Å². The number of hydrogen-bond donors (Lipinski definition) is 0. The van der Waals surface area contributed by atoms with Crippen LogP contribution in [-0.4, -0.2) is 11.1 Å². The second-order valence-corrected chi connectivity index (χ2v) is 7.22. The Balaban J connectivity index is 1.87. The number of nitrogens with zero attached hydrogens (tertiary/aromatic N) is 1. The second kappa shape index (κ2) is 6.12. The van der Waals surface area contributed by atoms with Gasteiger partial charge in [0, 0.05) is 11.8 Å². The molecule has 2 nitrogen and oxygen atoms in total. The molecule has 0 atom stereocenters. The van der Waals surface area contributed by atoms with Gasteiger partial charge in [-0.3, -0.25) is 4.98 Å². The van der Waals surface area contributed by atoms with Crippen LogP contribution in [0.25, 0.3) is 11.1 Å². The highest BCUT2D eigenvalue weighted by Crippen LogP contribution is 2.33. The molecule has 1 aliphatic carbocycles. The fourth-order valence-corrected chi connectivity index (χ4v) is 3.05. The van der Waals surface area contributed by atoms with Crippen molar-refractivity contribution in [3.05, 3.63) is 48.3 Å². The van der Waals surface area contributed by atoms with Crippen LogP contribution in [0.1, 0.15) is 52.0 Å². The molecule has 1 aliphatic rings. The topological polar surface area (TPSA) is 22.1 Å². The summed E-state index contributed by atoms with van der Waals surface area (Å²) in [4.78, 5) is 4.24. The van der Waals surface area contributed by atoms with Crippen LogP contribution in [0.15, 0.2) is 42.7 Å². The highest BCUT2D eigenvalue weighted by Gasteiger charge is 2.19. The van der Waals surface area contributed by atoms with Gasteiger partial charge in [0.2, 0.25) is 0 Å². The molecule has 1 fully saturated rings. The van der Waals surface area contributed by atoms with Gasteiger partial charge in [-0.1, -0.05) is 45.0 Å². The SMILES string of the molecule is CC(C)(C)c1ccc(-c2ccncc2OC2CCCC2)cc1. The van der Waals surface area contributed by atoms with Crippen molar-refractivity contribution in [1.82, 2.24) is 4.98 Å². The first-order chi connectivity index (χ1) is 10.5. The van der Waals surface area contributed by atoms with E-state index in [0.29, 0.717) is 6.10 Å². The van der Waals surface area contributed by atoms with Gasteiger partial charge in [0.05, 0.1) is 12.3 Å². The van der Waals surface area contributed by atoms with Gasteiger partial charge in [0.15, 0.2) is 0 Å². The molecule has 0 N–H and O–H groups in total. The zero-order chi connectivity index (χ0) is 15.6. The third-order valence-corrected chi connectivity index (χ3v) is 4.44. The number of pyridine rings is 1. The summed E-state index contributed by atoms with van der Waals surface area (Å²) < 4.78 is 6.20. The molecule has 2 heteroatoms. The maximum Gasteiger partial charge on any atom is 0.145 e. The number of rotatable bonds is 3. The minimum Gasteiger partial charge on any atom is -0.488 e. The first-order valence-corrected chi connectivity index (χ1v) is 8.25. The van der Waals surface area contributed by atoms with E-state index < -0.39 is 0 Å². The zero-order valence-electron chi connectivity index (χ0n) is 13.8. The molecule has 0 radical (unpaired) electrons. The Hall–Kier alpha value is -1.83. The molecule has 0 aliphatic heterocycles. The summed E-state index contributed by atoms with van der Waals surface area (Å²) in [6, 6.07) is 10.9. The standard InChI is InChI=1S/C20H25NO/c1-20(2,3)16-10-8-15(9-11-16)18-12-13-21-14-19(18)22-17-6-4-5-7-17/h8-14,17H,4-7H2,1-3H3. The van der Waals surface area contributed by atoms with E-state index in [1.807, 2.05) is 12.4 Å². The Morgan fingerprint density at radius 2 is 1.68 bits per heavy atom. The molecule has 0 amide bonds. The van der Waals surface area contributed by atoms with Gasteiger partial charge in [0.1, 0.15) is 5.75 Å². The minimum atomic E-state index is 0.181. The molecule has 22 heavy (non-hydrogen) atoms. The van der Waals surface area contributed by atoms with Crippen LogP contribution >= 0.6 is 0 Å². The summed E-state index contributed by atoms with van der Waals surface area (Å²) in [5.41, 5.74) is 3.87. The lowest BCUT2D eigenvalue weighted by Crippen LogP contribution is -2.12. The average molecular weight is 295 g/mol. The summed E-state index contributed by atoms with van der Waals surface area (Å²) >= 11 is 0. The fourth-order valence-electron chi connectivity index (χ4n) is 3.05. The van der Waals surface area contributed by atoms with Crippen molar-refractivity contribution in [3.63, 3.8) is 0 Å². The largest absolute Gasteiger partial charge is 0.488 e. The lowest BCUT2D eigenvalue weighted by Gasteiger charge is -2.20. The molecule has 0 bridgehead atoms. The van der Waals surface area contributed by atoms with Crippen molar-refractivity contribution in [3.8, 4) is 16.9 Å². The van der Waals surface area contributed by atoms with E-state index in [9.17, 15) is 0 Å². The first kappa shape index (κ1) is 15.1. The first-order valence-electron chi connectivity index (χ1n) is 8.25. The maximum absolute atomic E-state index is 6.20. The van der Waals surface area contributed by atoms with E-state index in [1.165, 1.54) is 24.0 Å². The van der Waals surface area contributed by atoms with Crippen LogP contribution in [0, 0.1) is 0 Å². The van der Waals surface area contributed by atoms with Gasteiger partial charge in [0.25, 0.3) is 0 Å². The normalized spacial score (nSPS) is 16.0. The summed E-state index contributed by atoms with van der Waals surface area (Å²) in [6.07, 6.45) is 8.94. The Morgan fingerprint density at radius 1 is 1.00 bits per heavy atom. The van der Waals surface area contributed by atoms with E-state index in [2.05, 4.69) is 56.1 Å². The fraction of sp³-hybridized carbons (Fsp3) is 0.450. The van der Waals surface area contributed by atoms with Crippen LogP contribution < -0.4 is 4.74 Å². The number of ether oxygens (including phenoxy) is 1. The predicted molar refractivity (Wildman–Crippen MR) is 91.3 cm³/mol. The van der Waals surface area contributed by atoms with Crippen molar-refractivity contribution >= 4 is 0 Å². The molecule has 1 heterocycles. The Labute approximate surface area is 133 Å². The van der Waals surface area contributed by atoms with Gasteiger partial charge in [-0.15, -0.1) is 0 Å². The van der Waals surface area contributed by atoms with Gasteiger partial charge < -0.3 is 4.74 Å². The Bertz CT molecular complexity index is 619. The molecule has 0 spiro atoms. The van der Waals surface area contributed by atoms with Gasteiger partial charge in [-0.25, -0.2) is 0 Å². The van der Waals surface area contributed by atoms with Crippen LogP contribution in [-0.2, 0) is 5.41 Å². The van der Waals surface area contributed by atoms with E-state index in [4.69, 9.17) is 4.74 Å². The van der Waals surface area contributed by atoms with Crippen molar-refractivity contribution in [2.24, 2.45) is 0 Å². The molecular formula is C20H25NO. The van der Waals surface area contributed by atoms with E-state index >= 15 is 0 Å². The molecule has 0 saturated heterocycles. The van der Waals surface area contributed by atoms with E-state index in [-0.39, 0.29) is 5.41 Å². The van der Waals surface area contributed by atoms with Gasteiger partial charge >= 0.3 is 0 Å². The van der Waals surface area contributed by atoms with E-state index in [1.54, 1.807) is 0 Å². The maximum atomic E-state index is 6.20. The smallest absolute Gasteiger partial charge is 0.145 e. The molecule has 1 saturated carbocycles. The number of benzene rings is 1. The van der Waals surface area contributed by atoms with Crippen LogP contribution in [0.4, 0.5) is 0 Å². The average Bonchev–Trinajstić information content (AvgIpc) is 3.00. The second-order valence-electron chi connectivity index (χ2n) is 7.22. The Kier molecular flexibility index (Phi) is 4.19. The summed E-state index contributed by atoms with van der Waals surface area (Å²) in [5, 5.41) is 0. The molecule has 3 rings (SSSR count). The number of aromatic nitrogens is 1. The molecule has 2 aromatic rings. The van der Waals surface area contributed by atoms with Gasteiger partial charge in [-0.05, 0) is 48.3 Å². The summed E-state index contributed by atoms with van der Waals surface area (Å²) in [5.74, 6) is 0.915. The molecule has 0 unspecified atom stereocenters. The molecule has 1 aromatic heterocycles. The van der Waals surface area contributed by atoms with Crippen molar-refractivity contribution in [2.75, 3.05) is 0 Å². The highest BCUT2D eigenvalue weighted by molar-refractivity contribution is 5.70. The monoisotopic (exact) mass is 295 g/mol. The third kappa shape index (κ3) is 3.32. The predicted octanol–water partition coefficient (Wildman–Crippen LogP) is 5.37. The minimum absolute atomic E-state index is 0.181. The third-order valence-electron chi connectivity index (χ3n) is 4.44. The van der Waals surface area contributed by atoms with Crippen molar-refractivity contribution in [1.29, 1.82) is 0 Å². The zero-order valence-corrected chi connectivity index (χ0v) is 13.8. The van der Waals surface area contributed by atoms with Crippen molar-refractivity contribution in [2.45, 2.75) is 58.0 Å². The van der Waals surface area contributed by atoms with Crippen LogP contribution in [0.3, 0.4) is 0 Å². The molecular weight excluding hydrogens is 270 g/mol. The van der Waals surface area contributed by atoms with Gasteiger partial charge in [-0.2, -0.15) is 0 Å². The van der Waals surface area contributed by atoms with Crippen LogP contribution in [0.2, 0.25) is 0 Å². The Morgan fingerprint density at radius 3 is 2.32 bits per heavy atom. The lowest BCUT2D eigenvalue weighted by atomic mass is 9.86. The number of hydrogen-bond acceptors (Lipinski definition) is 2. The van der Waals surface area contributed by atoms with Crippen LogP contribution in [0.5, 0.6) is 5.75 Å².